The molecule has 2 nitrogen and oxygen atoms in total. The van der Waals surface area contributed by atoms with Gasteiger partial charge in [0.25, 0.3) is 0 Å². The highest BCUT2D eigenvalue weighted by atomic mass is 31.0. The summed E-state index contributed by atoms with van der Waals surface area (Å²) in [6, 6.07) is 21.0. The highest BCUT2D eigenvalue weighted by Gasteiger charge is 2.19. The summed E-state index contributed by atoms with van der Waals surface area (Å²) in [5.41, 5.74) is 4.48. The summed E-state index contributed by atoms with van der Waals surface area (Å²) in [6.07, 6.45) is 0. The molecule has 3 radical (unpaired) electrons. The molecule has 125 valence electrons. The average molecular weight is 347 g/mol. The van der Waals surface area contributed by atoms with Crippen molar-refractivity contribution in [3.8, 4) is 11.5 Å². The number of rotatable bonds is 4. The lowest BCUT2D eigenvalue weighted by Crippen LogP contribution is -2.08. The maximum absolute atomic E-state index is 13.1. The molecule has 0 bridgehead atoms. The zero-order valence-electron chi connectivity index (χ0n) is 14.6. The lowest BCUT2D eigenvalue weighted by Gasteiger charge is -2.14. The van der Waals surface area contributed by atoms with Gasteiger partial charge in [-0.05, 0) is 56.2 Å². The number of hydrogen-bond donors (Lipinski definition) is 0. The van der Waals surface area contributed by atoms with E-state index in [1.807, 2.05) is 87.5 Å². The summed E-state index contributed by atoms with van der Waals surface area (Å²) in [7, 11) is 0. The van der Waals surface area contributed by atoms with Crippen molar-refractivity contribution in [2.75, 3.05) is 0 Å². The predicted octanol–water partition coefficient (Wildman–Crippen LogP) is 6.50. The van der Waals surface area contributed by atoms with E-state index in [0.717, 1.165) is 28.0 Å². The lowest BCUT2D eigenvalue weighted by atomic mass is 9.93. The third kappa shape index (κ3) is 4.15. The van der Waals surface area contributed by atoms with E-state index in [0.29, 0.717) is 11.3 Å². The maximum Gasteiger partial charge on any atom is 0.197 e. The van der Waals surface area contributed by atoms with Gasteiger partial charge in [-0.1, -0.05) is 48.0 Å². The second-order valence-corrected chi connectivity index (χ2v) is 6.01. The second-order valence-electron chi connectivity index (χ2n) is 6.01. The molecule has 0 heterocycles. The first-order valence-electron chi connectivity index (χ1n) is 8.01. The predicted molar refractivity (Wildman–Crippen MR) is 104 cm³/mol. The Bertz CT molecular complexity index is 863. The summed E-state index contributed by atoms with van der Waals surface area (Å²) in [4.78, 5) is 13.1. The van der Waals surface area contributed by atoms with Gasteiger partial charge in [0.05, 0.1) is 5.56 Å². The molecule has 3 heteroatoms. The summed E-state index contributed by atoms with van der Waals surface area (Å²) < 4.78 is 5.93. The third-order valence-corrected chi connectivity index (χ3v) is 4.01. The van der Waals surface area contributed by atoms with Crippen molar-refractivity contribution in [3.63, 3.8) is 0 Å². The summed E-state index contributed by atoms with van der Waals surface area (Å²) in [5.74, 6) is 1.29. The van der Waals surface area contributed by atoms with Crippen LogP contribution in [-0.2, 0) is 0 Å². The molecule has 0 spiro atoms. The van der Waals surface area contributed by atoms with E-state index in [9.17, 15) is 4.79 Å². The topological polar surface area (TPSA) is 26.3 Å². The van der Waals surface area contributed by atoms with E-state index >= 15 is 0 Å². The number of para-hydroxylation sites is 2. The highest BCUT2D eigenvalue weighted by Crippen LogP contribution is 2.29. The molecule has 0 amide bonds. The number of ketones is 1. The van der Waals surface area contributed by atoms with Crippen LogP contribution >= 0.6 is 9.90 Å². The molecular weight excluding hydrogens is 327 g/mol. The molecule has 0 aliphatic carbocycles. The van der Waals surface area contributed by atoms with Crippen LogP contribution in [0, 0.1) is 20.8 Å². The molecule has 0 aliphatic rings. The van der Waals surface area contributed by atoms with Crippen LogP contribution in [0.4, 0.5) is 0 Å². The second kappa shape index (κ2) is 8.09. The average Bonchev–Trinajstić information content (AvgIpc) is 2.55. The van der Waals surface area contributed by atoms with E-state index < -0.39 is 0 Å². The van der Waals surface area contributed by atoms with Gasteiger partial charge in [0, 0.05) is 15.5 Å². The Morgan fingerprint density at radius 3 is 2.00 bits per heavy atom. The molecule has 0 atom stereocenters. The molecule has 0 N–H and O–H groups in total. The molecule has 0 aromatic heterocycles. The Labute approximate surface area is 152 Å². The van der Waals surface area contributed by atoms with Crippen molar-refractivity contribution in [1.82, 2.24) is 0 Å². The minimum atomic E-state index is -0.00321. The van der Waals surface area contributed by atoms with Gasteiger partial charge in [-0.15, -0.1) is 0 Å². The van der Waals surface area contributed by atoms with Gasteiger partial charge in [-0.3, -0.25) is 4.79 Å². The fourth-order valence-corrected chi connectivity index (χ4v) is 3.03. The van der Waals surface area contributed by atoms with Crippen LogP contribution < -0.4 is 4.74 Å². The first-order chi connectivity index (χ1) is 11.6. The lowest BCUT2D eigenvalue weighted by molar-refractivity contribution is 0.103. The summed E-state index contributed by atoms with van der Waals surface area (Å²) in [6.45, 7) is 6.00. The van der Waals surface area contributed by atoms with Crippen LogP contribution in [0.25, 0.3) is 0 Å². The number of ether oxygens (including phenoxy) is 1. The minimum Gasteiger partial charge on any atom is -0.457 e. The molecule has 3 rings (SSSR count). The van der Waals surface area contributed by atoms with E-state index in [-0.39, 0.29) is 15.7 Å². The fourth-order valence-electron chi connectivity index (χ4n) is 3.03. The van der Waals surface area contributed by atoms with Gasteiger partial charge in [-0.25, -0.2) is 0 Å². The quantitative estimate of drug-likeness (QED) is 0.398. The number of carbonyl (C=O) groups excluding carboxylic acids is 1. The van der Waals surface area contributed by atoms with Crippen LogP contribution in [0.1, 0.15) is 32.6 Å². The number of carbonyl (C=O) groups is 1. The van der Waals surface area contributed by atoms with E-state index in [1.54, 1.807) is 0 Å². The molecule has 0 saturated heterocycles. The van der Waals surface area contributed by atoms with Crippen molar-refractivity contribution in [3.05, 3.63) is 94.5 Å². The van der Waals surface area contributed by atoms with Crippen molar-refractivity contribution < 1.29 is 9.53 Å². The molecule has 3 aromatic carbocycles. The number of hydrogen-bond acceptors (Lipinski definition) is 2. The van der Waals surface area contributed by atoms with Gasteiger partial charge >= 0.3 is 0 Å². The standard InChI is InChI=1S/C22H20O2.P/c1-15-13-16(2)21(17(3)14-15)22(23)19-11-7-8-12-20(19)24-18-9-5-4-6-10-18;/h4-14H,1-3H3;. The molecule has 0 aliphatic heterocycles. The molecular formula is C22H20O2P. The highest BCUT2D eigenvalue weighted by molar-refractivity contribution is 6.92. The Morgan fingerprint density at radius 1 is 0.800 bits per heavy atom. The summed E-state index contributed by atoms with van der Waals surface area (Å²) in [5, 5.41) is 0. The Morgan fingerprint density at radius 2 is 1.36 bits per heavy atom. The Balaban J connectivity index is 0.00000225. The SMILES string of the molecule is Cc1cc(C)c(C(=O)c2ccccc2Oc2ccccc2)c(C)c1.[P]. The first-order valence-corrected chi connectivity index (χ1v) is 8.01. The van der Waals surface area contributed by atoms with Crippen LogP contribution in [-0.4, -0.2) is 5.78 Å². The van der Waals surface area contributed by atoms with Crippen LogP contribution in [0.2, 0.25) is 0 Å². The normalized spacial score (nSPS) is 10.0. The van der Waals surface area contributed by atoms with E-state index in [4.69, 9.17) is 4.74 Å². The zero-order chi connectivity index (χ0) is 17.1. The van der Waals surface area contributed by atoms with Gasteiger partial charge in [0.2, 0.25) is 0 Å². The summed E-state index contributed by atoms with van der Waals surface area (Å²) >= 11 is 0. The number of benzene rings is 3. The molecule has 25 heavy (non-hydrogen) atoms. The smallest absolute Gasteiger partial charge is 0.197 e. The first kappa shape index (κ1) is 18.9. The van der Waals surface area contributed by atoms with Crippen molar-refractivity contribution in [1.29, 1.82) is 0 Å². The number of aryl methyl sites for hydroxylation is 3. The van der Waals surface area contributed by atoms with E-state index in [1.165, 1.54) is 0 Å². The maximum atomic E-state index is 13.1. The monoisotopic (exact) mass is 347 g/mol. The van der Waals surface area contributed by atoms with Crippen LogP contribution in [0.3, 0.4) is 0 Å². The molecule has 3 aromatic rings. The van der Waals surface area contributed by atoms with Crippen LogP contribution in [0.15, 0.2) is 66.7 Å². The molecule has 0 saturated carbocycles. The molecule has 0 fully saturated rings. The van der Waals surface area contributed by atoms with Crippen molar-refractivity contribution in [2.24, 2.45) is 0 Å². The van der Waals surface area contributed by atoms with Crippen molar-refractivity contribution in [2.45, 2.75) is 20.8 Å². The third-order valence-electron chi connectivity index (χ3n) is 4.01. The van der Waals surface area contributed by atoms with Gasteiger partial charge in [0.1, 0.15) is 11.5 Å². The molecule has 0 unspecified atom stereocenters. The fraction of sp³-hybridized carbons (Fsp3) is 0.136. The van der Waals surface area contributed by atoms with Crippen molar-refractivity contribution >= 4 is 15.7 Å². The van der Waals surface area contributed by atoms with Gasteiger partial charge in [-0.2, -0.15) is 0 Å². The Kier molecular flexibility index (Phi) is 6.12. The minimum absolute atomic E-state index is 0. The zero-order valence-corrected chi connectivity index (χ0v) is 15.5. The Hall–Kier alpha value is -2.44. The van der Waals surface area contributed by atoms with Gasteiger partial charge < -0.3 is 4.74 Å². The largest absolute Gasteiger partial charge is 0.457 e. The van der Waals surface area contributed by atoms with E-state index in [2.05, 4.69) is 0 Å². The van der Waals surface area contributed by atoms with Gasteiger partial charge in [0.15, 0.2) is 5.78 Å². The van der Waals surface area contributed by atoms with Crippen LogP contribution in [0.5, 0.6) is 11.5 Å².